The summed E-state index contributed by atoms with van der Waals surface area (Å²) in [5.74, 6) is 0. The Kier molecular flexibility index (Phi) is 3.94. The molecule has 0 aliphatic heterocycles. The fourth-order valence-corrected chi connectivity index (χ4v) is 0.403. The summed E-state index contributed by atoms with van der Waals surface area (Å²) in [4.78, 5) is 19.0. The van der Waals surface area contributed by atoms with Gasteiger partial charge in [0.2, 0.25) is 6.54 Å². The molecule has 58 valence electrons. The molecule has 0 aliphatic carbocycles. The van der Waals surface area contributed by atoms with E-state index in [0.717, 1.165) is 0 Å². The number of nitrogens with zero attached hydrogens (tertiary/aromatic N) is 1. The van der Waals surface area contributed by atoms with E-state index in [9.17, 15) is 14.9 Å². The number of rotatable bonds is 4. The van der Waals surface area contributed by atoms with E-state index >= 15 is 0 Å². The van der Waals surface area contributed by atoms with E-state index in [1.54, 1.807) is 0 Å². The second kappa shape index (κ2) is 4.54. The molecule has 0 spiro atoms. The van der Waals surface area contributed by atoms with Gasteiger partial charge >= 0.3 is 6.09 Å². The molecule has 0 bridgehead atoms. The summed E-state index contributed by atoms with van der Waals surface area (Å²) in [5, 5.41) is 19.7. The molecular formula is C4H8N2O4. The van der Waals surface area contributed by atoms with Crippen LogP contribution in [-0.2, 0) is 0 Å². The van der Waals surface area contributed by atoms with E-state index in [2.05, 4.69) is 0 Å². The third-order valence-electron chi connectivity index (χ3n) is 0.794. The molecule has 1 amide bonds. The Bertz CT molecular complexity index is 119. The van der Waals surface area contributed by atoms with E-state index in [0.29, 0.717) is 0 Å². The lowest BCUT2D eigenvalue weighted by Gasteiger charge is -1.95. The Morgan fingerprint density at radius 2 is 2.30 bits per heavy atom. The third-order valence-corrected chi connectivity index (χ3v) is 0.794. The summed E-state index contributed by atoms with van der Waals surface area (Å²) >= 11 is 0. The minimum atomic E-state index is -1.15. The summed E-state index contributed by atoms with van der Waals surface area (Å²) in [6.07, 6.45) is -0.914. The van der Waals surface area contributed by atoms with Crippen molar-refractivity contribution in [3.8, 4) is 0 Å². The quantitative estimate of drug-likeness (QED) is 0.331. The van der Waals surface area contributed by atoms with E-state index in [4.69, 9.17) is 5.11 Å². The first-order valence-corrected chi connectivity index (χ1v) is 2.71. The lowest BCUT2D eigenvalue weighted by Crippen LogP contribution is -2.23. The van der Waals surface area contributed by atoms with E-state index in [1.807, 2.05) is 5.32 Å². The van der Waals surface area contributed by atoms with Gasteiger partial charge in [0.1, 0.15) is 0 Å². The number of hydrogen-bond acceptors (Lipinski definition) is 3. The zero-order valence-electron chi connectivity index (χ0n) is 5.24. The van der Waals surface area contributed by atoms with E-state index in [-0.39, 0.29) is 19.5 Å². The first-order valence-electron chi connectivity index (χ1n) is 2.71. The van der Waals surface area contributed by atoms with Gasteiger partial charge in [0, 0.05) is 17.9 Å². The van der Waals surface area contributed by atoms with Gasteiger partial charge in [-0.05, 0) is 0 Å². The molecule has 6 heteroatoms. The molecule has 0 saturated heterocycles. The second-order valence-corrected chi connectivity index (χ2v) is 1.64. The number of nitrogens with one attached hydrogen (secondary N) is 1. The molecule has 0 aromatic heterocycles. The van der Waals surface area contributed by atoms with Crippen LogP contribution in [0.15, 0.2) is 0 Å². The maximum absolute atomic E-state index is 9.76. The van der Waals surface area contributed by atoms with Crippen molar-refractivity contribution >= 4 is 6.09 Å². The maximum atomic E-state index is 9.76. The zero-order valence-corrected chi connectivity index (χ0v) is 5.24. The molecular weight excluding hydrogens is 140 g/mol. The third kappa shape index (κ3) is 6.67. The highest BCUT2D eigenvalue weighted by Crippen LogP contribution is 1.76. The molecule has 0 aromatic rings. The number of carbonyl (C=O) groups is 1. The minimum Gasteiger partial charge on any atom is -0.465 e. The van der Waals surface area contributed by atoms with Crippen molar-refractivity contribution in [1.82, 2.24) is 5.32 Å². The van der Waals surface area contributed by atoms with E-state index in [1.165, 1.54) is 0 Å². The van der Waals surface area contributed by atoms with Crippen LogP contribution in [0.1, 0.15) is 6.42 Å². The number of amides is 1. The molecule has 10 heavy (non-hydrogen) atoms. The predicted octanol–water partition coefficient (Wildman–Crippen LogP) is -0.0792. The van der Waals surface area contributed by atoms with Crippen LogP contribution in [-0.4, -0.2) is 29.2 Å². The Morgan fingerprint density at radius 3 is 2.70 bits per heavy atom. The molecule has 6 nitrogen and oxygen atoms in total. The summed E-state index contributed by atoms with van der Waals surface area (Å²) in [7, 11) is 0. The molecule has 0 unspecified atom stereocenters. The molecule has 0 atom stereocenters. The summed E-state index contributed by atoms with van der Waals surface area (Å²) in [6, 6.07) is 0. The van der Waals surface area contributed by atoms with Crippen molar-refractivity contribution in [2.75, 3.05) is 13.1 Å². The monoisotopic (exact) mass is 148 g/mol. The van der Waals surface area contributed by atoms with Crippen LogP contribution in [0.2, 0.25) is 0 Å². The van der Waals surface area contributed by atoms with Crippen molar-refractivity contribution in [3.05, 3.63) is 10.1 Å². The number of carboxylic acid groups (broad SMARTS) is 1. The Labute approximate surface area is 57.0 Å². The average molecular weight is 148 g/mol. The van der Waals surface area contributed by atoms with Crippen LogP contribution in [0, 0.1) is 10.1 Å². The topological polar surface area (TPSA) is 92.5 Å². The SMILES string of the molecule is O=C(O)NCCC[N+](=O)[O-]. The Morgan fingerprint density at radius 1 is 1.70 bits per heavy atom. The van der Waals surface area contributed by atoms with Crippen molar-refractivity contribution < 1.29 is 14.8 Å². The van der Waals surface area contributed by atoms with Gasteiger partial charge < -0.3 is 10.4 Å². The first-order chi connectivity index (χ1) is 4.63. The molecule has 0 aliphatic rings. The van der Waals surface area contributed by atoms with Crippen LogP contribution in [0.5, 0.6) is 0 Å². The smallest absolute Gasteiger partial charge is 0.404 e. The van der Waals surface area contributed by atoms with Crippen molar-refractivity contribution in [2.45, 2.75) is 6.42 Å². The van der Waals surface area contributed by atoms with Gasteiger partial charge in [-0.1, -0.05) is 0 Å². The molecule has 0 heterocycles. The number of hydrogen-bond donors (Lipinski definition) is 2. The molecule has 0 saturated carbocycles. The Balaban J connectivity index is 3.06. The average Bonchev–Trinajstić information content (AvgIpc) is 1.79. The normalized spacial score (nSPS) is 8.80. The highest BCUT2D eigenvalue weighted by atomic mass is 16.6. The van der Waals surface area contributed by atoms with Crippen molar-refractivity contribution in [3.63, 3.8) is 0 Å². The largest absolute Gasteiger partial charge is 0.465 e. The summed E-state index contributed by atoms with van der Waals surface area (Å²) < 4.78 is 0. The first kappa shape index (κ1) is 8.67. The van der Waals surface area contributed by atoms with Crippen LogP contribution in [0.4, 0.5) is 4.79 Å². The van der Waals surface area contributed by atoms with Crippen LogP contribution >= 0.6 is 0 Å². The van der Waals surface area contributed by atoms with Crippen LogP contribution in [0.3, 0.4) is 0 Å². The summed E-state index contributed by atoms with van der Waals surface area (Å²) in [6.45, 7) is -0.0589. The lowest BCUT2D eigenvalue weighted by molar-refractivity contribution is -0.480. The minimum absolute atomic E-state index is 0.135. The van der Waals surface area contributed by atoms with Crippen molar-refractivity contribution in [1.29, 1.82) is 0 Å². The van der Waals surface area contributed by atoms with Crippen LogP contribution in [0.25, 0.3) is 0 Å². The number of nitro groups is 1. The highest BCUT2D eigenvalue weighted by Gasteiger charge is 1.97. The Hall–Kier alpha value is -1.33. The summed E-state index contributed by atoms with van der Waals surface area (Å²) in [5.41, 5.74) is 0. The van der Waals surface area contributed by atoms with E-state index < -0.39 is 11.0 Å². The van der Waals surface area contributed by atoms with Gasteiger partial charge in [0.25, 0.3) is 0 Å². The zero-order chi connectivity index (χ0) is 7.98. The van der Waals surface area contributed by atoms with Gasteiger partial charge in [-0.3, -0.25) is 10.1 Å². The molecule has 0 aromatic carbocycles. The molecule has 0 radical (unpaired) electrons. The fourth-order valence-electron chi connectivity index (χ4n) is 0.403. The highest BCUT2D eigenvalue weighted by molar-refractivity contribution is 5.64. The van der Waals surface area contributed by atoms with Gasteiger partial charge in [-0.15, -0.1) is 0 Å². The molecule has 0 fully saturated rings. The van der Waals surface area contributed by atoms with Gasteiger partial charge in [-0.2, -0.15) is 0 Å². The van der Waals surface area contributed by atoms with Crippen molar-refractivity contribution in [2.24, 2.45) is 0 Å². The van der Waals surface area contributed by atoms with Crippen LogP contribution < -0.4 is 5.32 Å². The molecule has 2 N–H and O–H groups in total. The fraction of sp³-hybridized carbons (Fsp3) is 0.750. The lowest BCUT2D eigenvalue weighted by atomic mass is 10.4. The van der Waals surface area contributed by atoms with Gasteiger partial charge in [-0.25, -0.2) is 4.79 Å². The maximum Gasteiger partial charge on any atom is 0.404 e. The second-order valence-electron chi connectivity index (χ2n) is 1.64. The van der Waals surface area contributed by atoms with Gasteiger partial charge in [0.05, 0.1) is 0 Å². The molecule has 0 rings (SSSR count). The predicted molar refractivity (Wildman–Crippen MR) is 32.5 cm³/mol. The standard InChI is InChI=1S/C4H8N2O4/c7-4(8)5-2-1-3-6(9)10/h5H,1-3H2,(H,7,8). The van der Waals surface area contributed by atoms with Gasteiger partial charge in [0.15, 0.2) is 0 Å².